The van der Waals surface area contributed by atoms with Gasteiger partial charge in [0.05, 0.1) is 0 Å². The Morgan fingerprint density at radius 1 is 1.19 bits per heavy atom. The summed E-state index contributed by atoms with van der Waals surface area (Å²) in [5, 5.41) is 8.94. The number of benzene rings is 1. The molecule has 1 fully saturated rings. The molecule has 1 aliphatic rings. The summed E-state index contributed by atoms with van der Waals surface area (Å²) in [6, 6.07) is 7.61. The Morgan fingerprint density at radius 3 is 2.33 bits per heavy atom. The molecule has 6 heteroatoms. The molecule has 1 saturated heterocycles. The van der Waals surface area contributed by atoms with Gasteiger partial charge in [-0.25, -0.2) is 0 Å². The molecule has 116 valence electrons. The van der Waals surface area contributed by atoms with Gasteiger partial charge in [-0.2, -0.15) is 0 Å². The van der Waals surface area contributed by atoms with Crippen LogP contribution < -0.4 is 16.0 Å². The first-order valence-electron chi connectivity index (χ1n) is 7.04. The molecule has 21 heavy (non-hydrogen) atoms. The molecule has 0 saturated carbocycles. The minimum absolute atomic E-state index is 0. The van der Waals surface area contributed by atoms with Crippen LogP contribution in [0.1, 0.15) is 32.6 Å². The number of amides is 2. The average molecular weight is 312 g/mol. The van der Waals surface area contributed by atoms with Gasteiger partial charge in [-0.1, -0.05) is 0 Å². The van der Waals surface area contributed by atoms with E-state index in [-0.39, 0.29) is 24.2 Å². The molecule has 0 spiro atoms. The van der Waals surface area contributed by atoms with Crippen LogP contribution in [0, 0.1) is 0 Å². The molecule has 0 aromatic heterocycles. The average Bonchev–Trinajstić information content (AvgIpc) is 2.91. The fourth-order valence-corrected chi connectivity index (χ4v) is 2.37. The first kappa shape index (κ1) is 17.5. The molecule has 1 atom stereocenters. The molecule has 1 aliphatic heterocycles. The van der Waals surface area contributed by atoms with E-state index >= 15 is 0 Å². The van der Waals surface area contributed by atoms with E-state index < -0.39 is 0 Å². The van der Waals surface area contributed by atoms with Gasteiger partial charge in [0.15, 0.2) is 0 Å². The second kappa shape index (κ2) is 8.64. The van der Waals surface area contributed by atoms with Crippen molar-refractivity contribution in [2.75, 3.05) is 17.2 Å². The molecule has 1 heterocycles. The van der Waals surface area contributed by atoms with Crippen molar-refractivity contribution in [2.45, 2.75) is 38.6 Å². The zero-order valence-electron chi connectivity index (χ0n) is 12.1. The number of hydrogen-bond donors (Lipinski definition) is 3. The lowest BCUT2D eigenvalue weighted by Crippen LogP contribution is -2.23. The van der Waals surface area contributed by atoms with Crippen LogP contribution in [0.2, 0.25) is 0 Å². The van der Waals surface area contributed by atoms with Crippen molar-refractivity contribution in [3.63, 3.8) is 0 Å². The van der Waals surface area contributed by atoms with E-state index in [1.54, 1.807) is 24.3 Å². The van der Waals surface area contributed by atoms with E-state index in [0.717, 1.165) is 24.3 Å². The summed E-state index contributed by atoms with van der Waals surface area (Å²) in [7, 11) is 0. The zero-order chi connectivity index (χ0) is 14.4. The summed E-state index contributed by atoms with van der Waals surface area (Å²) in [5.74, 6) is -0.0724. The normalized spacial score (nSPS) is 16.9. The monoisotopic (exact) mass is 311 g/mol. The lowest BCUT2D eigenvalue weighted by molar-refractivity contribution is -0.116. The highest BCUT2D eigenvalue weighted by Gasteiger charge is 2.15. The van der Waals surface area contributed by atoms with Gasteiger partial charge < -0.3 is 16.0 Å². The zero-order valence-corrected chi connectivity index (χ0v) is 13.0. The molecular weight excluding hydrogens is 290 g/mol. The molecule has 1 aromatic carbocycles. The Balaban J connectivity index is 0.00000220. The maximum Gasteiger partial charge on any atom is 0.224 e. The molecule has 2 amide bonds. The van der Waals surface area contributed by atoms with Gasteiger partial charge >= 0.3 is 0 Å². The molecule has 0 aliphatic carbocycles. The highest BCUT2D eigenvalue weighted by molar-refractivity contribution is 5.92. The molecule has 2 rings (SSSR count). The molecule has 1 aromatic rings. The quantitative estimate of drug-likeness (QED) is 0.782. The Morgan fingerprint density at radius 2 is 1.81 bits per heavy atom. The van der Waals surface area contributed by atoms with Crippen LogP contribution in [0.25, 0.3) is 0 Å². The Bertz CT molecular complexity index is 470. The summed E-state index contributed by atoms with van der Waals surface area (Å²) >= 11 is 0. The molecule has 0 radical (unpaired) electrons. The Kier molecular flexibility index (Phi) is 7.19. The van der Waals surface area contributed by atoms with Crippen LogP contribution in [0.15, 0.2) is 24.3 Å². The van der Waals surface area contributed by atoms with Crippen molar-refractivity contribution in [1.82, 2.24) is 5.32 Å². The van der Waals surface area contributed by atoms with Crippen molar-refractivity contribution in [2.24, 2.45) is 0 Å². The topological polar surface area (TPSA) is 70.2 Å². The second-order valence-corrected chi connectivity index (χ2v) is 5.14. The first-order chi connectivity index (χ1) is 9.63. The lowest BCUT2D eigenvalue weighted by Gasteiger charge is -2.10. The van der Waals surface area contributed by atoms with Crippen molar-refractivity contribution < 1.29 is 9.59 Å². The number of rotatable bonds is 5. The lowest BCUT2D eigenvalue weighted by atomic mass is 10.1. The highest BCUT2D eigenvalue weighted by atomic mass is 35.5. The van der Waals surface area contributed by atoms with E-state index in [1.807, 2.05) is 0 Å². The number of halogens is 1. The van der Waals surface area contributed by atoms with Gasteiger partial charge in [0, 0.05) is 30.8 Å². The van der Waals surface area contributed by atoms with Crippen molar-refractivity contribution in [1.29, 1.82) is 0 Å². The number of carbonyl (C=O) groups is 2. The molecule has 0 bridgehead atoms. The number of carbonyl (C=O) groups excluding carboxylic acids is 2. The molecule has 1 unspecified atom stereocenters. The highest BCUT2D eigenvalue weighted by Crippen LogP contribution is 2.15. The summed E-state index contributed by atoms with van der Waals surface area (Å²) in [6.07, 6.45) is 3.79. The summed E-state index contributed by atoms with van der Waals surface area (Å²) in [5.41, 5.74) is 1.48. The summed E-state index contributed by atoms with van der Waals surface area (Å²) in [4.78, 5) is 22.7. The smallest absolute Gasteiger partial charge is 0.224 e. The standard InChI is InChI=1S/C15H21N3O2.ClH/c1-11(19)17-13-4-6-14(7-5-13)18-15(20)9-8-12-3-2-10-16-12;/h4-7,12,16H,2-3,8-10H2,1H3,(H,17,19)(H,18,20);1H. The van der Waals surface area contributed by atoms with Crippen LogP contribution >= 0.6 is 12.4 Å². The largest absolute Gasteiger partial charge is 0.326 e. The number of nitrogens with one attached hydrogen (secondary N) is 3. The van der Waals surface area contributed by atoms with E-state index in [4.69, 9.17) is 0 Å². The van der Waals surface area contributed by atoms with Crippen LogP contribution in [0.3, 0.4) is 0 Å². The summed E-state index contributed by atoms with van der Waals surface area (Å²) < 4.78 is 0. The van der Waals surface area contributed by atoms with E-state index in [9.17, 15) is 9.59 Å². The minimum Gasteiger partial charge on any atom is -0.326 e. The third-order valence-corrected chi connectivity index (χ3v) is 3.37. The van der Waals surface area contributed by atoms with Crippen LogP contribution in [-0.2, 0) is 9.59 Å². The number of anilines is 2. The maximum absolute atomic E-state index is 11.8. The van der Waals surface area contributed by atoms with Gasteiger partial charge in [-0.3, -0.25) is 9.59 Å². The molecular formula is C15H22ClN3O2. The Hall–Kier alpha value is -1.59. The maximum atomic E-state index is 11.8. The number of hydrogen-bond acceptors (Lipinski definition) is 3. The van der Waals surface area contributed by atoms with E-state index in [1.165, 1.54) is 19.8 Å². The van der Waals surface area contributed by atoms with Gasteiger partial charge in [0.25, 0.3) is 0 Å². The molecule has 5 nitrogen and oxygen atoms in total. The third-order valence-electron chi connectivity index (χ3n) is 3.37. The van der Waals surface area contributed by atoms with Gasteiger partial charge in [-0.15, -0.1) is 12.4 Å². The minimum atomic E-state index is -0.106. The van der Waals surface area contributed by atoms with Crippen molar-refractivity contribution >= 4 is 35.6 Å². The second-order valence-electron chi connectivity index (χ2n) is 5.14. The van der Waals surface area contributed by atoms with Crippen LogP contribution in [-0.4, -0.2) is 24.4 Å². The van der Waals surface area contributed by atoms with E-state index in [2.05, 4.69) is 16.0 Å². The van der Waals surface area contributed by atoms with Gasteiger partial charge in [-0.05, 0) is 50.1 Å². The van der Waals surface area contributed by atoms with Crippen LogP contribution in [0.5, 0.6) is 0 Å². The van der Waals surface area contributed by atoms with Crippen LogP contribution in [0.4, 0.5) is 11.4 Å². The van der Waals surface area contributed by atoms with Gasteiger partial charge in [0.2, 0.25) is 11.8 Å². The predicted octanol–water partition coefficient (Wildman–Crippen LogP) is 2.54. The predicted molar refractivity (Wildman–Crippen MR) is 86.9 cm³/mol. The fraction of sp³-hybridized carbons (Fsp3) is 0.467. The SMILES string of the molecule is CC(=O)Nc1ccc(NC(=O)CCC2CCCN2)cc1.Cl. The molecule has 3 N–H and O–H groups in total. The Labute approximate surface area is 131 Å². The van der Waals surface area contributed by atoms with Crippen molar-refractivity contribution in [3.8, 4) is 0 Å². The third kappa shape index (κ3) is 6.14. The fourth-order valence-electron chi connectivity index (χ4n) is 2.37. The first-order valence-corrected chi connectivity index (χ1v) is 7.04. The van der Waals surface area contributed by atoms with Gasteiger partial charge in [0.1, 0.15) is 0 Å². The van der Waals surface area contributed by atoms with Crippen molar-refractivity contribution in [3.05, 3.63) is 24.3 Å². The summed E-state index contributed by atoms with van der Waals surface area (Å²) in [6.45, 7) is 2.53. The van der Waals surface area contributed by atoms with E-state index in [0.29, 0.717) is 12.5 Å².